The van der Waals surface area contributed by atoms with E-state index in [1.165, 1.54) is 12.1 Å². The lowest BCUT2D eigenvalue weighted by Crippen LogP contribution is -2.39. The quantitative estimate of drug-likeness (QED) is 0.424. The van der Waals surface area contributed by atoms with Crippen LogP contribution in [0.2, 0.25) is 0 Å². The van der Waals surface area contributed by atoms with E-state index in [4.69, 9.17) is 4.74 Å². The van der Waals surface area contributed by atoms with Crippen LogP contribution >= 0.6 is 0 Å². The second-order valence-corrected chi connectivity index (χ2v) is 9.44. The van der Waals surface area contributed by atoms with Gasteiger partial charge in [-0.3, -0.25) is 0 Å². The molecule has 1 aliphatic rings. The molecule has 0 fully saturated rings. The highest BCUT2D eigenvalue weighted by molar-refractivity contribution is 5.74. The van der Waals surface area contributed by atoms with E-state index in [-0.39, 0.29) is 17.7 Å². The predicted octanol–water partition coefficient (Wildman–Crippen LogP) is 6.93. The number of aromatic nitrogens is 2. The summed E-state index contributed by atoms with van der Waals surface area (Å²) in [7, 11) is 0. The van der Waals surface area contributed by atoms with Crippen LogP contribution in [0.1, 0.15) is 38.4 Å². The van der Waals surface area contributed by atoms with Crippen LogP contribution in [0.4, 0.5) is 29.6 Å². The fraction of sp³-hybridized carbons (Fsp3) is 0.296. The van der Waals surface area contributed by atoms with Gasteiger partial charge in [0.15, 0.2) is 0 Å². The summed E-state index contributed by atoms with van der Waals surface area (Å²) < 4.78 is 45.0. The van der Waals surface area contributed by atoms with E-state index in [9.17, 15) is 18.0 Å². The molecule has 36 heavy (non-hydrogen) atoms. The monoisotopic (exact) mass is 496 g/mol. The maximum atomic E-state index is 13.2. The molecule has 188 valence electrons. The zero-order chi connectivity index (χ0) is 25.9. The Kier molecular flexibility index (Phi) is 7.01. The van der Waals surface area contributed by atoms with Crippen molar-refractivity contribution in [1.82, 2.24) is 14.9 Å². The van der Waals surface area contributed by atoms with Crippen LogP contribution < -0.4 is 5.32 Å². The van der Waals surface area contributed by atoms with Gasteiger partial charge in [-0.2, -0.15) is 13.2 Å². The number of amides is 1. The van der Waals surface area contributed by atoms with Crippen LogP contribution in [0, 0.1) is 0 Å². The lowest BCUT2D eigenvalue weighted by molar-refractivity contribution is -0.137. The summed E-state index contributed by atoms with van der Waals surface area (Å²) in [5.74, 6) is 0.182. The first-order chi connectivity index (χ1) is 17.0. The number of nitrogens with zero attached hydrogens (tertiary/aromatic N) is 3. The van der Waals surface area contributed by atoms with Crippen LogP contribution in [0.15, 0.2) is 66.7 Å². The Bertz CT molecular complexity index is 1270. The topological polar surface area (TPSA) is 67.3 Å². The highest BCUT2D eigenvalue weighted by Crippen LogP contribution is 2.32. The number of halogens is 3. The van der Waals surface area contributed by atoms with E-state index in [0.717, 1.165) is 23.3 Å². The summed E-state index contributed by atoms with van der Waals surface area (Å²) in [5.41, 5.74) is 1.93. The lowest BCUT2D eigenvalue weighted by Gasteiger charge is -2.29. The van der Waals surface area contributed by atoms with E-state index in [1.807, 2.05) is 63.2 Å². The maximum Gasteiger partial charge on any atom is 0.416 e. The van der Waals surface area contributed by atoms with Gasteiger partial charge >= 0.3 is 12.3 Å². The first-order valence-electron chi connectivity index (χ1n) is 11.5. The summed E-state index contributed by atoms with van der Waals surface area (Å²) in [4.78, 5) is 23.2. The van der Waals surface area contributed by atoms with Crippen molar-refractivity contribution in [1.29, 1.82) is 0 Å². The van der Waals surface area contributed by atoms with Crippen LogP contribution in [0.5, 0.6) is 0 Å². The summed E-state index contributed by atoms with van der Waals surface area (Å²) in [6.45, 7) is 6.29. The summed E-state index contributed by atoms with van der Waals surface area (Å²) >= 11 is 0. The zero-order valence-electron chi connectivity index (χ0n) is 20.3. The Morgan fingerprint density at radius 1 is 0.972 bits per heavy atom. The largest absolute Gasteiger partial charge is 0.444 e. The molecule has 0 saturated carbocycles. The zero-order valence-corrected chi connectivity index (χ0v) is 20.3. The van der Waals surface area contributed by atoms with E-state index in [1.54, 1.807) is 4.90 Å². The van der Waals surface area contributed by atoms with E-state index in [0.29, 0.717) is 30.9 Å². The molecule has 4 rings (SSSR count). The van der Waals surface area contributed by atoms with Crippen LogP contribution in [-0.2, 0) is 10.9 Å². The molecular formula is C27H27F3N4O2. The number of nitrogens with one attached hydrogen (secondary N) is 1. The van der Waals surface area contributed by atoms with Gasteiger partial charge in [-0.15, -0.1) is 0 Å². The molecule has 0 radical (unpaired) electrons. The van der Waals surface area contributed by atoms with Gasteiger partial charge in [0.1, 0.15) is 5.60 Å². The van der Waals surface area contributed by atoms with Crippen LogP contribution in [0.25, 0.3) is 16.8 Å². The number of carbonyl (C=O) groups is 1. The Morgan fingerprint density at radius 2 is 1.69 bits per heavy atom. The molecule has 0 unspecified atom stereocenters. The Hall–Kier alpha value is -3.88. The van der Waals surface area contributed by atoms with E-state index < -0.39 is 17.3 Å². The number of hydrogen-bond acceptors (Lipinski definition) is 5. The van der Waals surface area contributed by atoms with Crippen molar-refractivity contribution in [3.05, 3.63) is 78.0 Å². The van der Waals surface area contributed by atoms with Crippen LogP contribution in [-0.4, -0.2) is 39.7 Å². The number of ether oxygens (including phenoxy) is 1. The van der Waals surface area contributed by atoms with Gasteiger partial charge in [0.2, 0.25) is 5.95 Å². The minimum atomic E-state index is -4.46. The number of hydrogen-bond donors (Lipinski definition) is 1. The maximum absolute atomic E-state index is 13.2. The van der Waals surface area contributed by atoms with Gasteiger partial charge in [-0.1, -0.05) is 42.5 Å². The van der Waals surface area contributed by atoms with Gasteiger partial charge in [-0.05, 0) is 57.0 Å². The second kappa shape index (κ2) is 10.0. The van der Waals surface area contributed by atoms with E-state index in [2.05, 4.69) is 15.3 Å². The van der Waals surface area contributed by atoms with Gasteiger partial charge in [0, 0.05) is 24.3 Å². The molecule has 1 aliphatic heterocycles. The highest BCUT2D eigenvalue weighted by Gasteiger charge is 2.30. The Balaban J connectivity index is 1.64. The molecule has 0 saturated heterocycles. The fourth-order valence-electron chi connectivity index (χ4n) is 3.72. The van der Waals surface area contributed by atoms with Crippen molar-refractivity contribution < 1.29 is 22.7 Å². The number of anilines is 2. The van der Waals surface area contributed by atoms with Crippen molar-refractivity contribution in [3.8, 4) is 11.3 Å². The summed E-state index contributed by atoms with van der Waals surface area (Å²) in [6, 6.07) is 16.2. The molecule has 3 aromatic rings. The Morgan fingerprint density at radius 3 is 2.33 bits per heavy atom. The molecule has 9 heteroatoms. The molecular weight excluding hydrogens is 469 g/mol. The summed E-state index contributed by atoms with van der Waals surface area (Å²) in [5, 5.41) is 2.92. The van der Waals surface area contributed by atoms with Crippen molar-refractivity contribution >= 4 is 23.3 Å². The highest BCUT2D eigenvalue weighted by atomic mass is 19.4. The molecule has 1 aromatic heterocycles. The minimum absolute atomic E-state index is 0.182. The SMILES string of the molecule is CC(C)(C)OC(=O)N1CC=C(c2cc(-c3ccccc3)nc(Nc3cccc(C(F)(F)F)c3)n2)CC1. The smallest absolute Gasteiger partial charge is 0.416 e. The number of alkyl halides is 3. The van der Waals surface area contributed by atoms with Gasteiger partial charge in [-0.25, -0.2) is 14.8 Å². The van der Waals surface area contributed by atoms with Crippen molar-refractivity contribution in [3.63, 3.8) is 0 Å². The molecule has 2 aromatic carbocycles. The average molecular weight is 497 g/mol. The van der Waals surface area contributed by atoms with Crippen LogP contribution in [0.3, 0.4) is 0 Å². The lowest BCUT2D eigenvalue weighted by atomic mass is 10.0. The molecule has 0 aliphatic carbocycles. The molecule has 1 N–H and O–H groups in total. The fourth-order valence-corrected chi connectivity index (χ4v) is 3.72. The van der Waals surface area contributed by atoms with Gasteiger partial charge < -0.3 is 15.0 Å². The molecule has 0 bridgehead atoms. The number of benzene rings is 2. The second-order valence-electron chi connectivity index (χ2n) is 9.44. The van der Waals surface area contributed by atoms with Gasteiger partial charge in [0.05, 0.1) is 17.0 Å². The molecule has 1 amide bonds. The summed E-state index contributed by atoms with van der Waals surface area (Å²) in [6.07, 6.45) is -2.37. The third kappa shape index (κ3) is 6.41. The van der Waals surface area contributed by atoms with Crippen molar-refractivity contribution in [2.75, 3.05) is 18.4 Å². The standard InChI is InChI=1S/C27H27F3N4O2/c1-26(2,3)36-25(35)34-14-12-19(13-15-34)23-17-22(18-8-5-4-6-9-18)32-24(33-23)31-21-11-7-10-20(16-21)27(28,29)30/h4-12,16-17H,13-15H2,1-3H3,(H,31,32,33). The van der Waals surface area contributed by atoms with Crippen molar-refractivity contribution in [2.24, 2.45) is 0 Å². The molecule has 2 heterocycles. The Labute approximate surface area is 207 Å². The third-order valence-electron chi connectivity index (χ3n) is 5.43. The first kappa shape index (κ1) is 25.2. The molecule has 0 spiro atoms. The first-order valence-corrected chi connectivity index (χ1v) is 11.5. The predicted molar refractivity (Wildman–Crippen MR) is 133 cm³/mol. The molecule has 0 atom stereocenters. The van der Waals surface area contributed by atoms with E-state index >= 15 is 0 Å². The third-order valence-corrected chi connectivity index (χ3v) is 5.43. The van der Waals surface area contributed by atoms with Crippen molar-refractivity contribution in [2.45, 2.75) is 39.0 Å². The normalized spacial score (nSPS) is 14.3. The van der Waals surface area contributed by atoms with Gasteiger partial charge in [0.25, 0.3) is 0 Å². The average Bonchev–Trinajstić information content (AvgIpc) is 2.83. The molecule has 6 nitrogen and oxygen atoms in total. The number of rotatable bonds is 4. The minimum Gasteiger partial charge on any atom is -0.444 e. The number of carbonyl (C=O) groups excluding carboxylic acids is 1.